The summed E-state index contributed by atoms with van der Waals surface area (Å²) in [6, 6.07) is 0. The lowest BCUT2D eigenvalue weighted by Crippen LogP contribution is -2.52. The van der Waals surface area contributed by atoms with Crippen molar-refractivity contribution in [2.75, 3.05) is 0 Å². The van der Waals surface area contributed by atoms with Gasteiger partial charge >= 0.3 is 0 Å². The molecule has 0 aliphatic heterocycles. The zero-order valence-electron chi connectivity index (χ0n) is 75.0. The molecule has 0 nitrogen and oxygen atoms in total. The molecule has 0 saturated heterocycles. The van der Waals surface area contributed by atoms with Crippen molar-refractivity contribution in [3.63, 3.8) is 0 Å². The molecule has 0 heteroatoms. The van der Waals surface area contributed by atoms with Gasteiger partial charge in [-0.15, -0.1) is 0 Å². The first-order valence-electron chi connectivity index (χ1n) is 49.1. The van der Waals surface area contributed by atoms with Crippen LogP contribution in [0.15, 0.2) is 0 Å². The molecule has 10 bridgehead atoms. The molecule has 13 atom stereocenters. The summed E-state index contributed by atoms with van der Waals surface area (Å²) in [4.78, 5) is 0. The molecule has 0 aromatic rings. The Morgan fingerprint density at radius 3 is 0.709 bits per heavy atom. The van der Waals surface area contributed by atoms with Gasteiger partial charge in [-0.3, -0.25) is 0 Å². The van der Waals surface area contributed by atoms with Gasteiger partial charge in [0, 0.05) is 0 Å². The van der Waals surface area contributed by atoms with E-state index in [4.69, 9.17) is 0 Å². The van der Waals surface area contributed by atoms with Crippen LogP contribution in [0.2, 0.25) is 0 Å². The Morgan fingerprint density at radius 2 is 0.456 bits per heavy atom. The normalized spacial score (nSPS) is 35.2. The summed E-state index contributed by atoms with van der Waals surface area (Å²) in [5.74, 6) is 29.7. The fraction of sp³-hybridized carbons (Fsp3) is 1.00. The van der Waals surface area contributed by atoms with Gasteiger partial charge in [-0.05, 0) is 305 Å². The van der Waals surface area contributed by atoms with Gasteiger partial charge in [0.05, 0.1) is 0 Å². The van der Waals surface area contributed by atoms with Gasteiger partial charge in [-0.1, -0.05) is 351 Å². The van der Waals surface area contributed by atoms with Crippen LogP contribution in [0.1, 0.15) is 479 Å². The van der Waals surface area contributed by atoms with Crippen LogP contribution in [-0.2, 0) is 0 Å². The van der Waals surface area contributed by atoms with E-state index in [1.54, 1.807) is 96.3 Å². The lowest BCUT2D eigenvalue weighted by atomic mass is 9.45. The highest BCUT2D eigenvalue weighted by atomic mass is 14.6. The zero-order valence-corrected chi connectivity index (χ0v) is 75.0. The third-order valence-electron chi connectivity index (χ3n) is 33.1. The maximum atomic E-state index is 2.51. The maximum absolute atomic E-state index is 2.51. The summed E-state index contributed by atoms with van der Waals surface area (Å²) < 4.78 is 0. The molecular formula is C103H196. The van der Waals surface area contributed by atoms with Crippen LogP contribution in [0.5, 0.6) is 0 Å². The summed E-state index contributed by atoms with van der Waals surface area (Å²) in [7, 11) is 0. The van der Waals surface area contributed by atoms with E-state index < -0.39 is 0 Å². The first kappa shape index (κ1) is 91.9. The highest BCUT2D eigenvalue weighted by Gasteiger charge is 2.54. The number of hydrogen-bond acceptors (Lipinski definition) is 0. The Morgan fingerprint density at radius 1 is 0.223 bits per heavy atom. The van der Waals surface area contributed by atoms with Crippen molar-refractivity contribution in [3.8, 4) is 0 Å². The number of fused-ring (bicyclic) bond motifs is 10. The molecule has 14 aliphatic carbocycles. The molecule has 0 N–H and O–H groups in total. The van der Waals surface area contributed by atoms with Crippen molar-refractivity contribution in [2.45, 2.75) is 479 Å². The Bertz CT molecular complexity index is 1950. The highest BCUT2D eigenvalue weighted by molar-refractivity contribution is 5.03. The second-order valence-corrected chi connectivity index (χ2v) is 44.8. The van der Waals surface area contributed by atoms with Gasteiger partial charge in [-0.25, -0.2) is 0 Å². The van der Waals surface area contributed by atoms with Gasteiger partial charge in [0.2, 0.25) is 0 Å². The Balaban J connectivity index is 0.000000185. The summed E-state index contributed by atoms with van der Waals surface area (Å²) >= 11 is 0. The minimum Gasteiger partial charge on any atom is -0.0628 e. The first-order valence-corrected chi connectivity index (χ1v) is 49.1. The molecule has 0 heterocycles. The molecule has 0 amide bonds. The van der Waals surface area contributed by atoms with Crippen molar-refractivity contribution in [1.82, 2.24) is 0 Å². The fourth-order valence-corrected chi connectivity index (χ4v) is 25.5. The van der Waals surface area contributed by atoms with Crippen molar-refractivity contribution < 1.29 is 0 Å². The molecule has 4 unspecified atom stereocenters. The third kappa shape index (κ3) is 34.5. The van der Waals surface area contributed by atoms with Crippen LogP contribution in [-0.4, -0.2) is 0 Å². The SMILES string of the molecule is CC(C)C1CC2CC(C1)CC(C(C)C)C2.CC(C)C1CCCCCCC1.CC(C)C1CCCCCCCC1.CC(C)C1CCCCCCCCC1.CC(C)C1C[C@H]2CCCC[C@@H](C1)C2.CC(C)C1C[C@H]2CCC[C@@H](C1)C2.CC(C)CC[C@@H]1CC[C@H]2C[C@@H]1C2(C)C.CC1C[C@@H]2CC(C(C)C)C[C@H](C1)C2. The highest BCUT2D eigenvalue weighted by Crippen LogP contribution is 2.62. The van der Waals surface area contributed by atoms with E-state index in [9.17, 15) is 0 Å². The van der Waals surface area contributed by atoms with Crippen molar-refractivity contribution in [2.24, 2.45) is 177 Å². The van der Waals surface area contributed by atoms with Gasteiger partial charge in [0.25, 0.3) is 0 Å². The monoisotopic (exact) mass is 1430 g/mol. The van der Waals surface area contributed by atoms with Crippen molar-refractivity contribution in [1.29, 1.82) is 0 Å². The quantitative estimate of drug-likeness (QED) is 0.193. The smallest absolute Gasteiger partial charge is 0.0295 e. The molecule has 0 radical (unpaired) electrons. The molecule has 103 heavy (non-hydrogen) atoms. The molecule has 608 valence electrons. The maximum Gasteiger partial charge on any atom is -0.0295 e. The fourth-order valence-electron chi connectivity index (χ4n) is 25.5. The molecule has 14 aliphatic rings. The minimum atomic E-state index is 0.694. The first-order chi connectivity index (χ1) is 49.1. The average Bonchev–Trinajstić information content (AvgIpc) is 0.881. The minimum absolute atomic E-state index is 0.694. The van der Waals surface area contributed by atoms with Gasteiger partial charge in [0.1, 0.15) is 0 Å². The summed E-state index contributed by atoms with van der Waals surface area (Å²) in [6.07, 6.45) is 78.8. The average molecular weight is 1430 g/mol. The van der Waals surface area contributed by atoms with Crippen LogP contribution in [0.3, 0.4) is 0 Å². The van der Waals surface area contributed by atoms with E-state index in [0.29, 0.717) is 5.41 Å². The zero-order chi connectivity index (χ0) is 75.0. The van der Waals surface area contributed by atoms with E-state index in [1.165, 1.54) is 238 Å². The van der Waals surface area contributed by atoms with Crippen LogP contribution in [0.25, 0.3) is 0 Å². The topological polar surface area (TPSA) is 0 Å². The third-order valence-corrected chi connectivity index (χ3v) is 33.1. The van der Waals surface area contributed by atoms with Gasteiger partial charge in [0.15, 0.2) is 0 Å². The number of hydrogen-bond donors (Lipinski definition) is 0. The predicted octanol–water partition coefficient (Wildman–Crippen LogP) is 34.6. The standard InChI is InChI=1S/C15H28.C14H26.2C13H24.C13H26.C12H22.C12H24.C11H22/c1-10(2)14-6-12-5-13(7-14)9-15(8-12)11(3)4;1-10(2)5-6-11-7-8-12-9-13(11)14(12,3)4;1-9(2)13-7-11-4-10(3)5-12(6-11)8-13;1-10(2)13-8-11-5-3-4-6-12(7-11)9-13;1-12(2)13-10-8-6-4-3-5-7-9-11-13;1-9(2)12-7-10-4-3-5-11(6-10)8-12;1-11(2)12-9-7-5-3-4-6-8-10-12;1-10(2)11-8-6-4-3-5-7-9-11/h10-15H,5-9H2,1-4H3;10-13H,5-9H2,1-4H3;9-13H,4-8H2,1-3H3;10-13H,3-9H2,1-2H3;12-13H,3-11H2,1-2H3;9-12H,3-8H2,1-2H3;11-12H,3-10H2,1-2H3;10-11H,3-9H2,1-2H3/t;11-,12+,13+;10?,11-,12+,13?;11-,12+,13?;;10-,11+,12?;;/m.1....../s1. The van der Waals surface area contributed by atoms with Crippen LogP contribution >= 0.6 is 0 Å². The van der Waals surface area contributed by atoms with E-state index in [1.807, 2.05) is 0 Å². The molecule has 14 fully saturated rings. The predicted molar refractivity (Wildman–Crippen MR) is 463 cm³/mol. The lowest BCUT2D eigenvalue weighted by molar-refractivity contribution is -0.107. The Hall–Kier alpha value is 0. The second kappa shape index (κ2) is 49.5. The van der Waals surface area contributed by atoms with Crippen LogP contribution in [0, 0.1) is 177 Å². The molecular weight excluding hydrogens is 1240 g/mol. The van der Waals surface area contributed by atoms with E-state index in [-0.39, 0.29) is 0 Å². The van der Waals surface area contributed by atoms with Crippen LogP contribution < -0.4 is 0 Å². The molecule has 0 aromatic carbocycles. The van der Waals surface area contributed by atoms with Crippen molar-refractivity contribution >= 4 is 0 Å². The summed E-state index contributed by atoms with van der Waals surface area (Å²) in [5, 5.41) is 0. The van der Waals surface area contributed by atoms with Gasteiger partial charge in [-0.2, -0.15) is 0 Å². The largest absolute Gasteiger partial charge is 0.0628 e. The van der Waals surface area contributed by atoms with Gasteiger partial charge < -0.3 is 0 Å². The van der Waals surface area contributed by atoms with E-state index >= 15 is 0 Å². The van der Waals surface area contributed by atoms with Crippen LogP contribution in [0.4, 0.5) is 0 Å². The molecule has 14 saturated carbocycles. The van der Waals surface area contributed by atoms with E-state index in [2.05, 4.69) is 145 Å². The molecule has 0 aromatic heterocycles. The Kier molecular flexibility index (Phi) is 44.1. The van der Waals surface area contributed by atoms with E-state index in [0.717, 1.165) is 172 Å². The lowest BCUT2D eigenvalue weighted by Gasteiger charge is -2.60. The van der Waals surface area contributed by atoms with Crippen molar-refractivity contribution in [3.05, 3.63) is 0 Å². The Labute approximate surface area is 652 Å². The summed E-state index contributed by atoms with van der Waals surface area (Å²) in [5.41, 5.74) is 0.694. The molecule has 0 spiro atoms. The molecule has 14 rings (SSSR count). The summed E-state index contributed by atoms with van der Waals surface area (Å²) in [6.45, 7) is 50.7. The second-order valence-electron chi connectivity index (χ2n) is 44.8. The number of rotatable bonds is 11.